The van der Waals surface area contributed by atoms with Crippen LogP contribution in [0.25, 0.3) is 0 Å². The average molecular weight is 309 g/mol. The van der Waals surface area contributed by atoms with Gasteiger partial charge in [-0.3, -0.25) is 4.79 Å². The maximum atomic E-state index is 10.8. The van der Waals surface area contributed by atoms with Gasteiger partial charge >= 0.3 is 5.97 Å². The van der Waals surface area contributed by atoms with E-state index < -0.39 is 5.97 Å². The van der Waals surface area contributed by atoms with Gasteiger partial charge in [-0.1, -0.05) is 42.5 Å². The van der Waals surface area contributed by atoms with E-state index in [1.807, 2.05) is 30.3 Å². The minimum Gasteiger partial charge on any atom is -0.481 e. The Bertz CT molecular complexity index is 726. The van der Waals surface area contributed by atoms with Gasteiger partial charge in [0.05, 0.1) is 18.6 Å². The molecule has 0 aromatic heterocycles. The predicted molar refractivity (Wildman–Crippen MR) is 87.4 cm³/mol. The van der Waals surface area contributed by atoms with Crippen LogP contribution in [0.15, 0.2) is 48.5 Å². The lowest BCUT2D eigenvalue weighted by molar-refractivity contribution is -0.136. The fourth-order valence-electron chi connectivity index (χ4n) is 3.77. The van der Waals surface area contributed by atoms with E-state index in [-0.39, 0.29) is 18.6 Å². The highest BCUT2D eigenvalue weighted by Crippen LogP contribution is 2.49. The monoisotopic (exact) mass is 309 g/mol. The molecule has 0 bridgehead atoms. The highest BCUT2D eigenvalue weighted by Gasteiger charge is 2.41. The largest absolute Gasteiger partial charge is 0.481 e. The third-order valence-electron chi connectivity index (χ3n) is 4.84. The lowest BCUT2D eigenvalue weighted by Gasteiger charge is -2.36. The van der Waals surface area contributed by atoms with Crippen molar-refractivity contribution in [2.75, 3.05) is 11.9 Å². The second-order valence-electron chi connectivity index (χ2n) is 6.27. The Morgan fingerprint density at radius 3 is 2.74 bits per heavy atom. The number of carbonyl (C=O) groups is 1. The molecule has 2 aliphatic heterocycles. The summed E-state index contributed by atoms with van der Waals surface area (Å²) in [5.41, 5.74) is 4.40. The molecule has 1 saturated heterocycles. The van der Waals surface area contributed by atoms with Gasteiger partial charge in [-0.25, -0.2) is 0 Å². The van der Waals surface area contributed by atoms with Crippen LogP contribution in [0.5, 0.6) is 0 Å². The second-order valence-corrected chi connectivity index (χ2v) is 6.27. The van der Waals surface area contributed by atoms with Crippen LogP contribution in [0.2, 0.25) is 0 Å². The van der Waals surface area contributed by atoms with Gasteiger partial charge < -0.3 is 15.2 Å². The van der Waals surface area contributed by atoms with E-state index in [9.17, 15) is 4.79 Å². The summed E-state index contributed by atoms with van der Waals surface area (Å²) in [6.07, 6.45) is 1.25. The van der Waals surface area contributed by atoms with Gasteiger partial charge in [0.1, 0.15) is 0 Å². The molecule has 4 nitrogen and oxygen atoms in total. The average Bonchev–Trinajstić information content (AvgIpc) is 3.04. The Balaban J connectivity index is 1.65. The molecular weight excluding hydrogens is 290 g/mol. The molecule has 2 heterocycles. The zero-order valence-electron chi connectivity index (χ0n) is 12.7. The SMILES string of the molecule is O=C(O)Cc1ccc(C2Nc3ccccc3[C@H]3OCC[C@@H]23)cc1. The Morgan fingerprint density at radius 1 is 1.17 bits per heavy atom. The van der Waals surface area contributed by atoms with Crippen LogP contribution >= 0.6 is 0 Å². The van der Waals surface area contributed by atoms with Gasteiger partial charge in [0.2, 0.25) is 0 Å². The molecule has 3 atom stereocenters. The highest BCUT2D eigenvalue weighted by atomic mass is 16.5. The summed E-state index contributed by atoms with van der Waals surface area (Å²) in [6, 6.07) is 16.4. The first-order chi connectivity index (χ1) is 11.2. The first kappa shape index (κ1) is 14.3. The molecule has 2 aromatic rings. The Kier molecular flexibility index (Phi) is 3.54. The fourth-order valence-corrected chi connectivity index (χ4v) is 3.77. The molecule has 2 N–H and O–H groups in total. The number of rotatable bonds is 3. The van der Waals surface area contributed by atoms with Crippen molar-refractivity contribution in [3.8, 4) is 0 Å². The lowest BCUT2D eigenvalue weighted by atomic mass is 9.81. The van der Waals surface area contributed by atoms with Crippen LogP contribution in [0.3, 0.4) is 0 Å². The number of anilines is 1. The minimum atomic E-state index is -0.799. The van der Waals surface area contributed by atoms with Crippen LogP contribution in [-0.2, 0) is 16.0 Å². The van der Waals surface area contributed by atoms with Crippen molar-refractivity contribution in [1.29, 1.82) is 0 Å². The van der Waals surface area contributed by atoms with Gasteiger partial charge in [0, 0.05) is 23.8 Å². The number of para-hydroxylation sites is 1. The van der Waals surface area contributed by atoms with Crippen LogP contribution < -0.4 is 5.32 Å². The molecule has 2 aliphatic rings. The smallest absolute Gasteiger partial charge is 0.307 e. The first-order valence-corrected chi connectivity index (χ1v) is 8.00. The normalized spacial score (nSPS) is 25.3. The molecule has 0 saturated carbocycles. The highest BCUT2D eigenvalue weighted by molar-refractivity contribution is 5.70. The number of hydrogen-bond acceptors (Lipinski definition) is 3. The first-order valence-electron chi connectivity index (χ1n) is 8.00. The Labute approximate surface area is 135 Å². The van der Waals surface area contributed by atoms with Crippen molar-refractivity contribution in [3.05, 3.63) is 65.2 Å². The zero-order valence-corrected chi connectivity index (χ0v) is 12.7. The van der Waals surface area contributed by atoms with Crippen molar-refractivity contribution in [2.45, 2.75) is 25.0 Å². The van der Waals surface area contributed by atoms with E-state index >= 15 is 0 Å². The van der Waals surface area contributed by atoms with Crippen LogP contribution in [0.4, 0.5) is 5.69 Å². The van der Waals surface area contributed by atoms with E-state index in [0.29, 0.717) is 5.92 Å². The van der Waals surface area contributed by atoms with E-state index in [4.69, 9.17) is 9.84 Å². The summed E-state index contributed by atoms with van der Waals surface area (Å²) in [6.45, 7) is 0.791. The van der Waals surface area contributed by atoms with Gasteiger partial charge in [0.15, 0.2) is 0 Å². The number of hydrogen-bond donors (Lipinski definition) is 2. The number of ether oxygens (including phenoxy) is 1. The van der Waals surface area contributed by atoms with Gasteiger partial charge in [-0.2, -0.15) is 0 Å². The van der Waals surface area contributed by atoms with E-state index in [1.54, 1.807) is 0 Å². The topological polar surface area (TPSA) is 58.6 Å². The zero-order chi connectivity index (χ0) is 15.8. The molecule has 23 heavy (non-hydrogen) atoms. The van der Waals surface area contributed by atoms with Gasteiger partial charge in [-0.05, 0) is 23.6 Å². The second kappa shape index (κ2) is 5.70. The number of nitrogens with one attached hydrogen (secondary N) is 1. The summed E-state index contributed by atoms with van der Waals surface area (Å²) in [4.78, 5) is 10.8. The number of fused-ring (bicyclic) bond motifs is 3. The van der Waals surface area contributed by atoms with Crippen LogP contribution in [0.1, 0.15) is 35.3 Å². The maximum Gasteiger partial charge on any atom is 0.307 e. The van der Waals surface area contributed by atoms with Crippen molar-refractivity contribution < 1.29 is 14.6 Å². The van der Waals surface area contributed by atoms with E-state index in [1.165, 1.54) is 11.1 Å². The minimum absolute atomic E-state index is 0.0658. The third-order valence-corrected chi connectivity index (χ3v) is 4.84. The molecule has 0 radical (unpaired) electrons. The predicted octanol–water partition coefficient (Wildman–Crippen LogP) is 3.56. The number of carboxylic acid groups (broad SMARTS) is 1. The standard InChI is InChI=1S/C19H19NO3/c21-17(22)11-12-5-7-13(8-6-12)18-15-9-10-23-19(15)14-3-1-2-4-16(14)20-18/h1-8,15,18-20H,9-11H2,(H,21,22)/t15-,18?,19+/m0/s1. The molecule has 0 aliphatic carbocycles. The number of carboxylic acids is 1. The fraction of sp³-hybridized carbons (Fsp3) is 0.316. The summed E-state index contributed by atoms with van der Waals surface area (Å²) in [7, 11) is 0. The van der Waals surface area contributed by atoms with Gasteiger partial charge in [0.25, 0.3) is 0 Å². The molecule has 1 fully saturated rings. The maximum absolute atomic E-state index is 10.8. The van der Waals surface area contributed by atoms with Crippen molar-refractivity contribution in [2.24, 2.45) is 5.92 Å². The summed E-state index contributed by atoms with van der Waals surface area (Å²) >= 11 is 0. The van der Waals surface area contributed by atoms with Crippen molar-refractivity contribution in [3.63, 3.8) is 0 Å². The summed E-state index contributed by atoms with van der Waals surface area (Å²) in [5, 5.41) is 12.5. The molecular formula is C19H19NO3. The van der Waals surface area contributed by atoms with Crippen molar-refractivity contribution in [1.82, 2.24) is 0 Å². The molecule has 0 spiro atoms. The molecule has 0 amide bonds. The third kappa shape index (κ3) is 2.59. The Hall–Kier alpha value is -2.33. The number of benzene rings is 2. The van der Waals surface area contributed by atoms with Crippen molar-refractivity contribution >= 4 is 11.7 Å². The number of aliphatic carboxylic acids is 1. The van der Waals surface area contributed by atoms with Gasteiger partial charge in [-0.15, -0.1) is 0 Å². The van der Waals surface area contributed by atoms with Crippen LogP contribution in [-0.4, -0.2) is 17.7 Å². The summed E-state index contributed by atoms with van der Waals surface area (Å²) < 4.78 is 5.99. The lowest BCUT2D eigenvalue weighted by Crippen LogP contribution is -2.29. The quantitative estimate of drug-likeness (QED) is 0.910. The molecule has 4 heteroatoms. The molecule has 118 valence electrons. The van der Waals surface area contributed by atoms with E-state index in [2.05, 4.69) is 23.5 Å². The van der Waals surface area contributed by atoms with Crippen LogP contribution in [0, 0.1) is 5.92 Å². The molecule has 4 rings (SSSR count). The Morgan fingerprint density at radius 2 is 1.96 bits per heavy atom. The molecule has 2 aromatic carbocycles. The summed E-state index contributed by atoms with van der Waals surface area (Å²) in [5.74, 6) is -0.387. The molecule has 1 unspecified atom stereocenters. The van der Waals surface area contributed by atoms with E-state index in [0.717, 1.165) is 24.3 Å².